The van der Waals surface area contributed by atoms with Crippen LogP contribution in [0.15, 0.2) is 23.6 Å². The fraction of sp³-hybridized carbons (Fsp3) is 0.533. The van der Waals surface area contributed by atoms with Crippen LogP contribution in [0.5, 0.6) is 0 Å². The van der Waals surface area contributed by atoms with Gasteiger partial charge in [0.1, 0.15) is 5.52 Å². The van der Waals surface area contributed by atoms with E-state index in [1.54, 1.807) is 12.4 Å². The predicted molar refractivity (Wildman–Crippen MR) is 82.5 cm³/mol. The van der Waals surface area contributed by atoms with Crippen molar-refractivity contribution in [3.63, 3.8) is 0 Å². The van der Waals surface area contributed by atoms with Crippen LogP contribution in [0.2, 0.25) is 0 Å². The molecular formula is C15H19N3O2S. The summed E-state index contributed by atoms with van der Waals surface area (Å²) in [4.78, 5) is 19.5. The van der Waals surface area contributed by atoms with Crippen molar-refractivity contribution in [1.29, 1.82) is 0 Å². The van der Waals surface area contributed by atoms with E-state index < -0.39 is 5.97 Å². The van der Waals surface area contributed by atoms with Crippen molar-refractivity contribution in [3.05, 3.63) is 18.5 Å². The number of fused-ring (bicyclic) bond motifs is 1. The van der Waals surface area contributed by atoms with Crippen LogP contribution in [-0.4, -0.2) is 31.4 Å². The minimum Gasteiger partial charge on any atom is -0.481 e. The third-order valence-corrected chi connectivity index (χ3v) is 5.03. The van der Waals surface area contributed by atoms with Crippen LogP contribution in [-0.2, 0) is 11.3 Å². The van der Waals surface area contributed by atoms with Crippen molar-refractivity contribution in [2.24, 2.45) is 5.41 Å². The average molecular weight is 305 g/mol. The normalized spacial score (nSPS) is 16.2. The second-order valence-electron chi connectivity index (χ2n) is 5.78. The second-order valence-corrected chi connectivity index (χ2v) is 6.72. The number of hydrogen-bond acceptors (Lipinski definition) is 4. The Labute approximate surface area is 127 Å². The molecule has 0 radical (unpaired) electrons. The number of aliphatic carboxylic acids is 1. The van der Waals surface area contributed by atoms with Crippen molar-refractivity contribution in [1.82, 2.24) is 14.5 Å². The van der Waals surface area contributed by atoms with Gasteiger partial charge in [-0.05, 0) is 30.7 Å². The van der Waals surface area contributed by atoms with Crippen LogP contribution in [0.1, 0.15) is 32.6 Å². The third kappa shape index (κ3) is 3.05. The number of hydrogen-bond donors (Lipinski definition) is 1. The second kappa shape index (κ2) is 5.67. The molecule has 0 atom stereocenters. The van der Waals surface area contributed by atoms with Gasteiger partial charge in [-0.3, -0.25) is 9.78 Å². The first-order valence-corrected chi connectivity index (χ1v) is 8.27. The summed E-state index contributed by atoms with van der Waals surface area (Å²) in [5.74, 6) is -0.774. The fourth-order valence-corrected chi connectivity index (χ4v) is 3.61. The Bertz CT molecular complexity index is 664. The van der Waals surface area contributed by atoms with Gasteiger partial charge in [0.25, 0.3) is 0 Å². The molecule has 112 valence electrons. The van der Waals surface area contributed by atoms with Crippen molar-refractivity contribution >= 4 is 28.8 Å². The predicted octanol–water partition coefficient (Wildman–Crippen LogP) is 3.19. The van der Waals surface area contributed by atoms with Crippen LogP contribution >= 0.6 is 11.8 Å². The van der Waals surface area contributed by atoms with Crippen LogP contribution in [0.25, 0.3) is 11.0 Å². The number of rotatable bonds is 7. The lowest BCUT2D eigenvalue weighted by Crippen LogP contribution is -2.13. The summed E-state index contributed by atoms with van der Waals surface area (Å²) < 4.78 is 2.19. The molecule has 1 fully saturated rings. The zero-order valence-electron chi connectivity index (χ0n) is 12.1. The molecule has 0 aromatic carbocycles. The van der Waals surface area contributed by atoms with E-state index in [1.165, 1.54) is 37.4 Å². The first-order chi connectivity index (χ1) is 10.1. The summed E-state index contributed by atoms with van der Waals surface area (Å²) in [7, 11) is 0. The Hall–Kier alpha value is -1.56. The first kappa shape index (κ1) is 14.4. The van der Waals surface area contributed by atoms with E-state index in [4.69, 9.17) is 5.11 Å². The molecule has 0 aliphatic heterocycles. The van der Waals surface area contributed by atoms with Gasteiger partial charge in [-0.15, -0.1) is 0 Å². The maximum absolute atomic E-state index is 10.8. The lowest BCUT2D eigenvalue weighted by molar-refractivity contribution is -0.133. The van der Waals surface area contributed by atoms with E-state index in [1.807, 2.05) is 6.07 Å². The van der Waals surface area contributed by atoms with Crippen LogP contribution in [0, 0.1) is 5.41 Å². The molecule has 1 N–H and O–H groups in total. The molecule has 1 aliphatic rings. The molecular weight excluding hydrogens is 286 g/mol. The highest BCUT2D eigenvalue weighted by Gasteiger charge is 2.42. The average Bonchev–Trinajstić information content (AvgIpc) is 3.12. The quantitative estimate of drug-likeness (QED) is 0.796. The van der Waals surface area contributed by atoms with E-state index in [0.717, 1.165) is 22.7 Å². The van der Waals surface area contributed by atoms with E-state index in [0.29, 0.717) is 5.41 Å². The van der Waals surface area contributed by atoms with Gasteiger partial charge in [0, 0.05) is 12.7 Å². The zero-order chi connectivity index (χ0) is 14.9. The summed E-state index contributed by atoms with van der Waals surface area (Å²) in [6, 6.07) is 1.97. The number of carbonyl (C=O) groups is 1. The summed E-state index contributed by atoms with van der Waals surface area (Å²) >= 11 is 1.29. The largest absolute Gasteiger partial charge is 0.481 e. The molecule has 1 aliphatic carbocycles. The molecule has 0 amide bonds. The number of nitrogens with zero attached hydrogens (tertiary/aromatic N) is 3. The lowest BCUT2D eigenvalue weighted by Gasteiger charge is -2.17. The molecule has 3 rings (SSSR count). The number of carboxylic acids is 1. The molecule has 2 heterocycles. The van der Waals surface area contributed by atoms with Gasteiger partial charge in [-0.1, -0.05) is 25.1 Å². The lowest BCUT2D eigenvalue weighted by atomic mass is 10.0. The molecule has 21 heavy (non-hydrogen) atoms. The Kier molecular flexibility index (Phi) is 3.89. The maximum Gasteiger partial charge on any atom is 0.313 e. The van der Waals surface area contributed by atoms with E-state index >= 15 is 0 Å². The molecule has 0 saturated heterocycles. The minimum atomic E-state index is -0.813. The zero-order valence-corrected chi connectivity index (χ0v) is 12.9. The Balaban J connectivity index is 1.93. The van der Waals surface area contributed by atoms with E-state index in [2.05, 4.69) is 21.5 Å². The molecule has 1 saturated carbocycles. The van der Waals surface area contributed by atoms with Gasteiger partial charge in [-0.25, -0.2) is 4.98 Å². The fourth-order valence-electron chi connectivity index (χ4n) is 2.88. The smallest absolute Gasteiger partial charge is 0.313 e. The van der Waals surface area contributed by atoms with Crippen molar-refractivity contribution in [2.45, 2.75) is 44.3 Å². The Morgan fingerprint density at radius 2 is 2.33 bits per heavy atom. The summed E-state index contributed by atoms with van der Waals surface area (Å²) in [5, 5.41) is 9.69. The monoisotopic (exact) mass is 305 g/mol. The maximum atomic E-state index is 10.8. The van der Waals surface area contributed by atoms with Gasteiger partial charge in [0.15, 0.2) is 5.16 Å². The summed E-state index contributed by atoms with van der Waals surface area (Å²) in [5.41, 5.74) is 2.29. The van der Waals surface area contributed by atoms with Gasteiger partial charge in [-0.2, -0.15) is 0 Å². The molecule has 2 aromatic heterocycles. The molecule has 5 nitrogen and oxygen atoms in total. The molecule has 6 heteroatoms. The van der Waals surface area contributed by atoms with Gasteiger partial charge < -0.3 is 9.67 Å². The van der Waals surface area contributed by atoms with Crippen LogP contribution in [0.3, 0.4) is 0 Å². The highest BCUT2D eigenvalue weighted by atomic mass is 32.2. The van der Waals surface area contributed by atoms with Crippen molar-refractivity contribution in [3.8, 4) is 0 Å². The highest BCUT2D eigenvalue weighted by molar-refractivity contribution is 7.99. The highest BCUT2D eigenvalue weighted by Crippen LogP contribution is 2.51. The summed E-state index contributed by atoms with van der Waals surface area (Å²) in [6.45, 7) is 3.15. The third-order valence-electron chi connectivity index (χ3n) is 4.07. The molecule has 0 unspecified atom stereocenters. The van der Waals surface area contributed by atoms with E-state index in [9.17, 15) is 4.79 Å². The van der Waals surface area contributed by atoms with Crippen LogP contribution in [0.4, 0.5) is 0 Å². The number of aromatic nitrogens is 3. The van der Waals surface area contributed by atoms with Gasteiger partial charge >= 0.3 is 5.97 Å². The number of pyridine rings is 1. The van der Waals surface area contributed by atoms with Crippen molar-refractivity contribution in [2.75, 3.05) is 5.75 Å². The Morgan fingerprint density at radius 3 is 3.00 bits per heavy atom. The first-order valence-electron chi connectivity index (χ1n) is 7.28. The van der Waals surface area contributed by atoms with Gasteiger partial charge in [0.05, 0.1) is 17.5 Å². The summed E-state index contributed by atoms with van der Waals surface area (Å²) in [6.07, 6.45) is 8.44. The van der Waals surface area contributed by atoms with Crippen LogP contribution < -0.4 is 0 Å². The Morgan fingerprint density at radius 1 is 1.52 bits per heavy atom. The number of carboxylic acid groups (broad SMARTS) is 1. The standard InChI is InChI=1S/C15H19N3O2S/c1-2-4-15(5-6-15)10-18-12-3-7-16-8-11(12)17-14(18)21-9-13(19)20/h3,7-8H,2,4-6,9-10H2,1H3,(H,19,20). The SMILES string of the molecule is CCCC1(Cn2c(SCC(=O)O)nc3cnccc32)CC1. The van der Waals surface area contributed by atoms with E-state index in [-0.39, 0.29) is 5.75 Å². The molecule has 0 spiro atoms. The molecule has 2 aromatic rings. The number of thioether (sulfide) groups is 1. The number of imidazole rings is 1. The van der Waals surface area contributed by atoms with Gasteiger partial charge in [0.2, 0.25) is 0 Å². The minimum absolute atomic E-state index is 0.0392. The topological polar surface area (TPSA) is 68.0 Å². The van der Waals surface area contributed by atoms with Crippen molar-refractivity contribution < 1.29 is 9.90 Å². The molecule has 0 bridgehead atoms.